The van der Waals surface area contributed by atoms with Gasteiger partial charge in [-0.05, 0) is 17.4 Å². The van der Waals surface area contributed by atoms with Gasteiger partial charge >= 0.3 is 6.47 Å². The van der Waals surface area contributed by atoms with Crippen molar-refractivity contribution < 1.29 is 19.2 Å². The molecule has 2 amide bonds. The summed E-state index contributed by atoms with van der Waals surface area (Å²) in [5.74, 6) is -0.922. The Morgan fingerprint density at radius 3 is 2.29 bits per heavy atom. The van der Waals surface area contributed by atoms with Crippen molar-refractivity contribution in [3.8, 4) is 11.1 Å². The average molecular weight is 376 g/mol. The van der Waals surface area contributed by atoms with Crippen LogP contribution in [-0.2, 0) is 25.6 Å². The van der Waals surface area contributed by atoms with Crippen LogP contribution in [0.2, 0.25) is 0 Å². The highest BCUT2D eigenvalue weighted by atomic mass is 16.7. The van der Waals surface area contributed by atoms with Gasteiger partial charge in [-0.25, -0.2) is 0 Å². The molecular formula is C22H20N2O4. The first kappa shape index (κ1) is 19.2. The molecule has 0 atom stereocenters. The van der Waals surface area contributed by atoms with E-state index in [1.54, 1.807) is 0 Å². The second-order valence-corrected chi connectivity index (χ2v) is 6.17. The predicted octanol–water partition coefficient (Wildman–Crippen LogP) is 3.69. The number of aromatic nitrogens is 1. The van der Waals surface area contributed by atoms with Crippen molar-refractivity contribution in [2.75, 3.05) is 0 Å². The van der Waals surface area contributed by atoms with Crippen LogP contribution in [0.3, 0.4) is 0 Å². The van der Waals surface area contributed by atoms with Gasteiger partial charge in [0, 0.05) is 35.7 Å². The van der Waals surface area contributed by atoms with Gasteiger partial charge in [0.05, 0.1) is 0 Å². The number of pyridine rings is 1. The zero-order chi connectivity index (χ0) is 19.9. The number of nitrogens with zero attached hydrogens (tertiary/aromatic N) is 2. The second kappa shape index (κ2) is 8.90. The highest BCUT2D eigenvalue weighted by molar-refractivity contribution is 6.01. The Morgan fingerprint density at radius 2 is 1.64 bits per heavy atom. The van der Waals surface area contributed by atoms with E-state index in [9.17, 15) is 14.4 Å². The van der Waals surface area contributed by atoms with Crippen LogP contribution in [0.25, 0.3) is 21.9 Å². The molecule has 4 rings (SSSR count). The maximum Gasteiger partial charge on any atom is 0.321 e. The third kappa shape index (κ3) is 4.06. The molecule has 3 aromatic rings. The van der Waals surface area contributed by atoms with E-state index >= 15 is 0 Å². The van der Waals surface area contributed by atoms with Crippen LogP contribution in [0.4, 0.5) is 0 Å². The Hall–Kier alpha value is -3.54. The van der Waals surface area contributed by atoms with Crippen molar-refractivity contribution in [2.45, 2.75) is 26.2 Å². The highest BCUT2D eigenvalue weighted by Gasteiger charge is 2.30. The summed E-state index contributed by atoms with van der Waals surface area (Å²) < 4.78 is 0. The van der Waals surface area contributed by atoms with E-state index < -0.39 is 11.8 Å². The number of fused-ring (bicyclic) bond motifs is 1. The molecule has 0 bridgehead atoms. The standard InChI is InChI=1S/C17H15N.C5H5NO4/c1-2-16-17(13-8-4-3-5-9-13)15-11-7-6-10-14(15)12-18-16;7-3-10-6-4(8)1-2-5(6)9/h3-12H,2H2,1H3;3H,1-2H2. The van der Waals surface area contributed by atoms with Crippen molar-refractivity contribution in [3.05, 3.63) is 66.5 Å². The van der Waals surface area contributed by atoms with Gasteiger partial charge in [-0.1, -0.05) is 61.5 Å². The van der Waals surface area contributed by atoms with E-state index in [0.717, 1.165) is 6.42 Å². The molecule has 6 heteroatoms. The summed E-state index contributed by atoms with van der Waals surface area (Å²) in [7, 11) is 0. The number of carbonyl (C=O) groups excluding carboxylic acids is 3. The number of rotatable bonds is 4. The molecule has 0 N–H and O–H groups in total. The Balaban J connectivity index is 0.000000192. The first-order chi connectivity index (χ1) is 13.7. The number of carbonyl (C=O) groups is 3. The van der Waals surface area contributed by atoms with Gasteiger partial charge in [0.1, 0.15) is 0 Å². The Bertz CT molecular complexity index is 986. The molecule has 6 nitrogen and oxygen atoms in total. The van der Waals surface area contributed by atoms with Gasteiger partial charge < -0.3 is 4.84 Å². The van der Waals surface area contributed by atoms with Crippen molar-refractivity contribution in [1.82, 2.24) is 10.0 Å². The zero-order valence-corrected chi connectivity index (χ0v) is 15.5. The van der Waals surface area contributed by atoms with Crippen LogP contribution in [0, 0.1) is 0 Å². The molecule has 142 valence electrons. The molecular weight excluding hydrogens is 356 g/mol. The van der Waals surface area contributed by atoms with E-state index in [1.807, 2.05) is 12.3 Å². The molecule has 1 aliphatic rings. The van der Waals surface area contributed by atoms with Crippen molar-refractivity contribution in [2.24, 2.45) is 0 Å². The molecule has 28 heavy (non-hydrogen) atoms. The van der Waals surface area contributed by atoms with E-state index in [4.69, 9.17) is 0 Å². The molecule has 1 fully saturated rings. The number of hydrogen-bond donors (Lipinski definition) is 0. The molecule has 1 saturated heterocycles. The number of hydroxylamine groups is 2. The number of hydrogen-bond acceptors (Lipinski definition) is 5. The lowest BCUT2D eigenvalue weighted by molar-refractivity contribution is -0.188. The molecule has 2 aromatic carbocycles. The summed E-state index contributed by atoms with van der Waals surface area (Å²) in [6.45, 7) is 2.21. The van der Waals surface area contributed by atoms with E-state index in [-0.39, 0.29) is 19.3 Å². The fourth-order valence-electron chi connectivity index (χ4n) is 3.12. The van der Waals surface area contributed by atoms with Crippen molar-refractivity contribution >= 4 is 29.1 Å². The maximum absolute atomic E-state index is 10.6. The quantitative estimate of drug-likeness (QED) is 0.513. The number of imide groups is 1. The van der Waals surface area contributed by atoms with Crippen molar-refractivity contribution in [3.63, 3.8) is 0 Å². The number of benzene rings is 2. The van der Waals surface area contributed by atoms with Gasteiger partial charge in [-0.2, -0.15) is 0 Å². The molecule has 0 unspecified atom stereocenters. The predicted molar refractivity (Wildman–Crippen MR) is 105 cm³/mol. The van der Waals surface area contributed by atoms with Gasteiger partial charge in [-0.15, -0.1) is 5.06 Å². The lowest BCUT2D eigenvalue weighted by atomic mass is 9.96. The average Bonchev–Trinajstić information content (AvgIpc) is 3.06. The van der Waals surface area contributed by atoms with Crippen LogP contribution < -0.4 is 0 Å². The molecule has 0 radical (unpaired) electrons. The fourth-order valence-corrected chi connectivity index (χ4v) is 3.12. The highest BCUT2D eigenvalue weighted by Crippen LogP contribution is 2.30. The number of amides is 2. The van der Waals surface area contributed by atoms with E-state index in [0.29, 0.717) is 5.06 Å². The summed E-state index contributed by atoms with van der Waals surface area (Å²) in [6, 6.07) is 19.0. The summed E-state index contributed by atoms with van der Waals surface area (Å²) in [6.07, 6.45) is 3.19. The first-order valence-electron chi connectivity index (χ1n) is 9.04. The SMILES string of the molecule is CCc1ncc2ccccc2c1-c1ccccc1.O=CON1C(=O)CCC1=O. The number of aryl methyl sites for hydroxylation is 1. The van der Waals surface area contributed by atoms with Crippen LogP contribution in [0.15, 0.2) is 60.8 Å². The van der Waals surface area contributed by atoms with Crippen LogP contribution in [0.1, 0.15) is 25.5 Å². The minimum atomic E-state index is -0.461. The third-order valence-electron chi connectivity index (χ3n) is 4.43. The molecule has 1 aromatic heterocycles. The van der Waals surface area contributed by atoms with Gasteiger partial charge in [0.2, 0.25) is 0 Å². The normalized spacial score (nSPS) is 13.2. The monoisotopic (exact) mass is 376 g/mol. The maximum atomic E-state index is 10.6. The smallest absolute Gasteiger partial charge is 0.321 e. The van der Waals surface area contributed by atoms with Gasteiger partial charge in [-0.3, -0.25) is 19.4 Å². The third-order valence-corrected chi connectivity index (χ3v) is 4.43. The van der Waals surface area contributed by atoms with E-state index in [1.165, 1.54) is 27.6 Å². The first-order valence-corrected chi connectivity index (χ1v) is 9.04. The lowest BCUT2D eigenvalue weighted by Crippen LogP contribution is -2.28. The van der Waals surface area contributed by atoms with Gasteiger partial charge in [0.15, 0.2) is 0 Å². The Kier molecular flexibility index (Phi) is 6.11. The van der Waals surface area contributed by atoms with Crippen LogP contribution >= 0.6 is 0 Å². The summed E-state index contributed by atoms with van der Waals surface area (Å²) >= 11 is 0. The minimum Gasteiger partial charge on any atom is -0.334 e. The molecule has 2 heterocycles. The Morgan fingerprint density at radius 1 is 1.00 bits per heavy atom. The largest absolute Gasteiger partial charge is 0.334 e. The van der Waals surface area contributed by atoms with Crippen molar-refractivity contribution in [1.29, 1.82) is 0 Å². The Labute approximate surface area is 162 Å². The lowest BCUT2D eigenvalue weighted by Gasteiger charge is -2.11. The molecule has 0 aliphatic carbocycles. The topological polar surface area (TPSA) is 76.6 Å². The zero-order valence-electron chi connectivity index (χ0n) is 15.5. The minimum absolute atomic E-state index is 0.0567. The molecule has 0 spiro atoms. The van der Waals surface area contributed by atoms with Crippen LogP contribution in [0.5, 0.6) is 0 Å². The molecule has 0 saturated carbocycles. The second-order valence-electron chi connectivity index (χ2n) is 6.17. The summed E-state index contributed by atoms with van der Waals surface area (Å²) in [5.41, 5.74) is 3.69. The fraction of sp³-hybridized carbons (Fsp3) is 0.182. The summed E-state index contributed by atoms with van der Waals surface area (Å²) in [5, 5.41) is 2.97. The van der Waals surface area contributed by atoms with Crippen LogP contribution in [-0.4, -0.2) is 28.3 Å². The van der Waals surface area contributed by atoms with E-state index in [2.05, 4.69) is 65.3 Å². The molecule has 1 aliphatic heterocycles. The summed E-state index contributed by atoms with van der Waals surface area (Å²) in [4.78, 5) is 39.6. The van der Waals surface area contributed by atoms with Gasteiger partial charge in [0.25, 0.3) is 11.8 Å².